The average molecular weight is 496 g/mol. The second kappa shape index (κ2) is 7.90. The molecule has 0 fully saturated rings. The Balaban J connectivity index is 1.67. The summed E-state index contributed by atoms with van der Waals surface area (Å²) in [5, 5.41) is 30.8. The molecule has 10 heteroatoms. The molecule has 37 heavy (non-hydrogen) atoms. The van der Waals surface area contributed by atoms with E-state index in [4.69, 9.17) is 15.1 Å². The number of nitrogens with zero attached hydrogens (tertiary/aromatic N) is 3. The van der Waals surface area contributed by atoms with E-state index in [-0.39, 0.29) is 41.9 Å². The molecule has 2 N–H and O–H groups in total. The average Bonchev–Trinajstić information content (AvgIpc) is 3.28. The van der Waals surface area contributed by atoms with Gasteiger partial charge in [-0.15, -0.1) is 0 Å². The number of carbonyl (C=O) groups excluding carboxylic acids is 1. The lowest BCUT2D eigenvalue weighted by atomic mass is 9.86. The maximum absolute atomic E-state index is 13.6. The zero-order valence-electron chi connectivity index (χ0n) is 19.6. The van der Waals surface area contributed by atoms with Crippen LogP contribution < -0.4 is 5.56 Å². The number of aliphatic hydroxyl groups is 1. The second-order valence-corrected chi connectivity index (χ2v) is 9.14. The summed E-state index contributed by atoms with van der Waals surface area (Å²) in [6.07, 6.45) is 1.27. The van der Waals surface area contributed by atoms with Crippen LogP contribution in [0.25, 0.3) is 33.4 Å². The van der Waals surface area contributed by atoms with E-state index in [0.29, 0.717) is 28.0 Å². The van der Waals surface area contributed by atoms with Crippen molar-refractivity contribution < 1.29 is 19.6 Å². The molecule has 0 saturated carbocycles. The predicted octanol–water partition coefficient (Wildman–Crippen LogP) is 3.65. The van der Waals surface area contributed by atoms with Crippen molar-refractivity contribution in [1.82, 2.24) is 9.55 Å². The van der Waals surface area contributed by atoms with Gasteiger partial charge in [0.05, 0.1) is 33.9 Å². The van der Waals surface area contributed by atoms with E-state index in [1.165, 1.54) is 18.3 Å². The van der Waals surface area contributed by atoms with Crippen LogP contribution in [0.2, 0.25) is 0 Å². The normalized spacial score (nSPS) is 17.6. The Hall–Kier alpha value is -4.70. The molecule has 0 radical (unpaired) electrons. The minimum absolute atomic E-state index is 0.0418. The summed E-state index contributed by atoms with van der Waals surface area (Å²) in [6.45, 7) is 1.60. The molecule has 0 spiro atoms. The van der Waals surface area contributed by atoms with E-state index in [1.807, 2.05) is 6.07 Å². The monoisotopic (exact) mass is 496 g/mol. The number of carbonyl (C=O) groups is 1. The molecule has 1 unspecified atom stereocenters. The Morgan fingerprint density at radius 2 is 1.95 bits per heavy atom. The van der Waals surface area contributed by atoms with E-state index in [1.54, 1.807) is 41.8 Å². The second-order valence-electron chi connectivity index (χ2n) is 9.14. The van der Waals surface area contributed by atoms with Crippen LogP contribution >= 0.6 is 0 Å². The smallest absolute Gasteiger partial charge is 0.343 e. The van der Waals surface area contributed by atoms with E-state index in [2.05, 4.69) is 0 Å². The van der Waals surface area contributed by atoms with Crippen LogP contribution in [0.15, 0.2) is 53.3 Å². The number of hydrogen-bond donors (Lipinski definition) is 2. The van der Waals surface area contributed by atoms with E-state index >= 15 is 0 Å². The summed E-state index contributed by atoms with van der Waals surface area (Å²) in [4.78, 5) is 41.6. The largest absolute Gasteiger partial charge is 0.458 e. The first-order valence-corrected chi connectivity index (χ1v) is 11.7. The summed E-state index contributed by atoms with van der Waals surface area (Å²) < 4.78 is 6.70. The van der Waals surface area contributed by atoms with Crippen molar-refractivity contribution in [1.29, 1.82) is 5.41 Å². The number of esters is 1. The highest BCUT2D eigenvalue weighted by Gasteiger charge is 2.45. The zero-order valence-corrected chi connectivity index (χ0v) is 19.6. The summed E-state index contributed by atoms with van der Waals surface area (Å²) in [5.74, 6) is -0.790. The maximum atomic E-state index is 13.6. The lowest BCUT2D eigenvalue weighted by Crippen LogP contribution is -2.44. The predicted molar refractivity (Wildman–Crippen MR) is 135 cm³/mol. The van der Waals surface area contributed by atoms with E-state index in [9.17, 15) is 24.8 Å². The number of pyridine rings is 2. The van der Waals surface area contributed by atoms with E-state index < -0.39 is 16.5 Å². The number of benzene rings is 2. The fourth-order valence-electron chi connectivity index (χ4n) is 5.27. The Bertz CT molecular complexity index is 1740. The number of cyclic esters (lactones) is 1. The molecule has 0 amide bonds. The van der Waals surface area contributed by atoms with Crippen LogP contribution in [0.1, 0.15) is 35.6 Å². The lowest BCUT2D eigenvalue weighted by Gasteiger charge is -2.31. The Morgan fingerprint density at radius 3 is 2.62 bits per heavy atom. The minimum Gasteiger partial charge on any atom is -0.458 e. The molecule has 4 heterocycles. The van der Waals surface area contributed by atoms with Crippen molar-refractivity contribution >= 4 is 28.8 Å². The molecule has 6 rings (SSSR count). The molecule has 0 saturated heterocycles. The maximum Gasteiger partial charge on any atom is 0.343 e. The van der Waals surface area contributed by atoms with Crippen LogP contribution in [-0.2, 0) is 28.3 Å². The summed E-state index contributed by atoms with van der Waals surface area (Å²) in [7, 11) is 0. The van der Waals surface area contributed by atoms with Crippen LogP contribution in [0.4, 0.5) is 5.69 Å². The zero-order chi connectivity index (χ0) is 26.1. The van der Waals surface area contributed by atoms with Gasteiger partial charge < -0.3 is 19.8 Å². The molecule has 1 atom stereocenters. The highest BCUT2D eigenvalue weighted by molar-refractivity contribution is 6.02. The van der Waals surface area contributed by atoms with Gasteiger partial charge in [0.15, 0.2) is 5.60 Å². The molecule has 0 bridgehead atoms. The molecule has 2 aromatic heterocycles. The number of rotatable bonds is 4. The first kappa shape index (κ1) is 22.7. The number of nitrogens with one attached hydrogen (secondary N) is 1. The number of hydrogen-bond acceptors (Lipinski definition) is 8. The quantitative estimate of drug-likeness (QED) is 0.167. The van der Waals surface area contributed by atoms with E-state index in [0.717, 1.165) is 16.5 Å². The fraction of sp³-hybridized carbons (Fsp3) is 0.185. The van der Waals surface area contributed by atoms with Crippen molar-refractivity contribution in [2.24, 2.45) is 0 Å². The molecule has 2 aromatic carbocycles. The third-order valence-electron chi connectivity index (χ3n) is 7.24. The van der Waals surface area contributed by atoms with Gasteiger partial charge in [0.25, 0.3) is 11.2 Å². The van der Waals surface area contributed by atoms with Crippen molar-refractivity contribution in [3.8, 4) is 22.5 Å². The SMILES string of the molecule is CCC1(O)C(=O)OCc2c1cc1n(c2=O)Cc2c-1nc1ccc(C=N)cc1c2-c1ccc([N+](=O)[O-])cc1. The number of nitro benzene ring substituents is 1. The van der Waals surface area contributed by atoms with Gasteiger partial charge in [0.2, 0.25) is 0 Å². The van der Waals surface area contributed by atoms with Crippen LogP contribution in [0, 0.1) is 15.5 Å². The highest BCUT2D eigenvalue weighted by Crippen LogP contribution is 2.43. The number of nitro groups is 1. The topological polar surface area (TPSA) is 148 Å². The van der Waals surface area contributed by atoms with Crippen molar-refractivity contribution in [3.05, 3.63) is 91.3 Å². The summed E-state index contributed by atoms with van der Waals surface area (Å²) in [5.41, 5.74) is 2.56. The lowest BCUT2D eigenvalue weighted by molar-refractivity contribution is -0.384. The van der Waals surface area contributed by atoms with Gasteiger partial charge in [-0.05, 0) is 53.4 Å². The molecular weight excluding hydrogens is 476 g/mol. The molecule has 0 aliphatic carbocycles. The van der Waals surface area contributed by atoms with Crippen molar-refractivity contribution in [3.63, 3.8) is 0 Å². The van der Waals surface area contributed by atoms with Crippen LogP contribution in [-0.4, -0.2) is 31.8 Å². The molecule has 2 aliphatic heterocycles. The molecular formula is C27H20N4O6. The van der Waals surface area contributed by atoms with Gasteiger partial charge >= 0.3 is 5.97 Å². The third-order valence-corrected chi connectivity index (χ3v) is 7.24. The Morgan fingerprint density at radius 1 is 1.19 bits per heavy atom. The van der Waals surface area contributed by atoms with Crippen LogP contribution in [0.5, 0.6) is 0 Å². The molecule has 4 aromatic rings. The van der Waals surface area contributed by atoms with Gasteiger partial charge in [-0.25, -0.2) is 9.78 Å². The van der Waals surface area contributed by atoms with Crippen molar-refractivity contribution in [2.45, 2.75) is 32.1 Å². The summed E-state index contributed by atoms with van der Waals surface area (Å²) >= 11 is 0. The van der Waals surface area contributed by atoms with Gasteiger partial charge in [0, 0.05) is 34.9 Å². The Kier molecular flexibility index (Phi) is 4.86. The third kappa shape index (κ3) is 3.15. The number of aromatic nitrogens is 2. The van der Waals surface area contributed by atoms with Gasteiger partial charge in [-0.3, -0.25) is 14.9 Å². The highest BCUT2D eigenvalue weighted by atomic mass is 16.6. The standard InChI is InChI=1S/C27H20N4O6/c1-2-27(34)20-10-22-24-18(12-30(22)25(32)19(20)13-37-26(27)33)23(15-4-6-16(7-5-15)31(35)36)17-9-14(11-28)3-8-21(17)29-24/h3-11,28,34H,2,12-13H2,1H3. The Labute approximate surface area is 209 Å². The molecule has 184 valence electrons. The summed E-state index contributed by atoms with van der Waals surface area (Å²) in [6, 6.07) is 13.2. The van der Waals surface area contributed by atoms with Crippen molar-refractivity contribution in [2.75, 3.05) is 0 Å². The molecule has 10 nitrogen and oxygen atoms in total. The van der Waals surface area contributed by atoms with Gasteiger partial charge in [-0.2, -0.15) is 0 Å². The van der Waals surface area contributed by atoms with Gasteiger partial charge in [0.1, 0.15) is 6.61 Å². The molecule has 2 aliphatic rings. The van der Waals surface area contributed by atoms with Crippen LogP contribution in [0.3, 0.4) is 0 Å². The number of ether oxygens (including phenoxy) is 1. The van der Waals surface area contributed by atoms with Gasteiger partial charge in [-0.1, -0.05) is 13.0 Å². The number of non-ortho nitro benzene ring substituents is 1. The first-order chi connectivity index (χ1) is 17.8. The fourth-order valence-corrected chi connectivity index (χ4v) is 5.27. The number of fused-ring (bicyclic) bond motifs is 5. The minimum atomic E-state index is -1.93. The first-order valence-electron chi connectivity index (χ1n) is 11.7.